The fraction of sp³-hybridized carbons (Fsp3) is 0.615. The summed E-state index contributed by atoms with van der Waals surface area (Å²) in [6.45, 7) is 10.0. The average Bonchev–Trinajstić information content (AvgIpc) is 2.42. The van der Waals surface area contributed by atoms with E-state index < -0.39 is 0 Å². The molecule has 1 saturated heterocycles. The first-order chi connectivity index (χ1) is 8.74. The van der Waals surface area contributed by atoms with Crippen LogP contribution in [0.3, 0.4) is 0 Å². The van der Waals surface area contributed by atoms with Crippen LogP contribution in [0.15, 0.2) is 12.1 Å². The number of piperazine rings is 1. The molecule has 0 bridgehead atoms. The van der Waals surface area contributed by atoms with Gasteiger partial charge in [-0.25, -0.2) is 0 Å². The van der Waals surface area contributed by atoms with Gasteiger partial charge in [-0.1, -0.05) is 6.92 Å². The highest BCUT2D eigenvalue weighted by Crippen LogP contribution is 2.23. The Kier molecular flexibility index (Phi) is 4.25. The Morgan fingerprint density at radius 1 is 1.22 bits per heavy atom. The van der Waals surface area contributed by atoms with E-state index in [-0.39, 0.29) is 0 Å². The summed E-state index contributed by atoms with van der Waals surface area (Å²) >= 11 is 0. The van der Waals surface area contributed by atoms with Crippen molar-refractivity contribution in [1.29, 1.82) is 0 Å². The molecule has 1 aliphatic rings. The Hall–Kier alpha value is -1.49. The fourth-order valence-corrected chi connectivity index (χ4v) is 2.16. The number of nitrogens with two attached hydrogens (primary N) is 1. The summed E-state index contributed by atoms with van der Waals surface area (Å²) in [5.74, 6) is 1.51. The van der Waals surface area contributed by atoms with E-state index in [1.54, 1.807) is 0 Å². The van der Waals surface area contributed by atoms with Crippen molar-refractivity contribution in [3.8, 4) is 5.88 Å². The molecule has 2 N–H and O–H groups in total. The van der Waals surface area contributed by atoms with Crippen LogP contribution in [0.4, 0.5) is 11.5 Å². The molecule has 2 rings (SSSR count). The Labute approximate surface area is 109 Å². The van der Waals surface area contributed by atoms with E-state index >= 15 is 0 Å². The molecule has 100 valence electrons. The lowest BCUT2D eigenvalue weighted by molar-refractivity contribution is 0.270. The van der Waals surface area contributed by atoms with Gasteiger partial charge < -0.3 is 20.3 Å². The number of nitrogen functional groups attached to an aromatic ring is 1. The van der Waals surface area contributed by atoms with E-state index in [1.807, 2.05) is 19.1 Å². The maximum atomic E-state index is 5.83. The highest BCUT2D eigenvalue weighted by atomic mass is 16.5. The van der Waals surface area contributed by atoms with Crippen LogP contribution in [0.2, 0.25) is 0 Å². The van der Waals surface area contributed by atoms with Crippen molar-refractivity contribution in [2.24, 2.45) is 0 Å². The van der Waals surface area contributed by atoms with Gasteiger partial charge in [-0.15, -0.1) is 0 Å². The SMILES string of the molecule is CCOc1nc(N2CCN(CC)CC2)ccc1N. The number of likely N-dealkylation sites (N-methyl/N-ethyl adjacent to an activating group) is 1. The van der Waals surface area contributed by atoms with Crippen LogP contribution >= 0.6 is 0 Å². The molecule has 0 amide bonds. The number of anilines is 2. The molecule has 5 nitrogen and oxygen atoms in total. The number of aromatic nitrogens is 1. The standard InChI is InChI=1S/C13H22N4O/c1-3-16-7-9-17(10-8-16)12-6-5-11(14)13(15-12)18-4-2/h5-6H,3-4,7-10,14H2,1-2H3. The fourth-order valence-electron chi connectivity index (χ4n) is 2.16. The van der Waals surface area contributed by atoms with Crippen molar-refractivity contribution in [2.75, 3.05) is 50.0 Å². The van der Waals surface area contributed by atoms with E-state index in [2.05, 4.69) is 21.7 Å². The smallest absolute Gasteiger partial charge is 0.239 e. The number of rotatable bonds is 4. The molecule has 0 atom stereocenters. The van der Waals surface area contributed by atoms with Crippen molar-refractivity contribution in [3.63, 3.8) is 0 Å². The zero-order chi connectivity index (χ0) is 13.0. The number of ether oxygens (including phenoxy) is 1. The largest absolute Gasteiger partial charge is 0.476 e. The first kappa shape index (κ1) is 13.0. The molecule has 5 heteroatoms. The van der Waals surface area contributed by atoms with Crippen LogP contribution in [0.25, 0.3) is 0 Å². The van der Waals surface area contributed by atoms with Crippen molar-refractivity contribution >= 4 is 11.5 Å². The summed E-state index contributed by atoms with van der Waals surface area (Å²) in [5.41, 5.74) is 6.44. The van der Waals surface area contributed by atoms with E-state index in [4.69, 9.17) is 10.5 Å². The van der Waals surface area contributed by atoms with Gasteiger partial charge >= 0.3 is 0 Å². The lowest BCUT2D eigenvalue weighted by Gasteiger charge is -2.34. The molecule has 0 aromatic carbocycles. The van der Waals surface area contributed by atoms with Crippen molar-refractivity contribution in [3.05, 3.63) is 12.1 Å². The Balaban J connectivity index is 2.07. The van der Waals surface area contributed by atoms with Gasteiger partial charge in [0.05, 0.1) is 12.3 Å². The monoisotopic (exact) mass is 250 g/mol. The maximum absolute atomic E-state index is 5.83. The molecule has 1 aromatic rings. The summed E-state index contributed by atoms with van der Waals surface area (Å²) < 4.78 is 5.44. The molecular weight excluding hydrogens is 228 g/mol. The predicted octanol–water partition coefficient (Wildman–Crippen LogP) is 1.20. The van der Waals surface area contributed by atoms with Gasteiger partial charge in [0, 0.05) is 26.2 Å². The first-order valence-corrected chi connectivity index (χ1v) is 6.61. The minimum absolute atomic E-state index is 0.549. The Morgan fingerprint density at radius 3 is 2.56 bits per heavy atom. The van der Waals surface area contributed by atoms with Gasteiger partial charge in [0.25, 0.3) is 0 Å². The average molecular weight is 250 g/mol. The van der Waals surface area contributed by atoms with Gasteiger partial charge in [-0.05, 0) is 25.6 Å². The lowest BCUT2D eigenvalue weighted by atomic mass is 10.3. The molecule has 0 spiro atoms. The topological polar surface area (TPSA) is 54.6 Å². The third-order valence-electron chi connectivity index (χ3n) is 3.30. The van der Waals surface area contributed by atoms with Gasteiger partial charge in [-0.2, -0.15) is 4.98 Å². The molecule has 0 radical (unpaired) electrons. The van der Waals surface area contributed by atoms with Gasteiger partial charge in [-0.3, -0.25) is 0 Å². The van der Waals surface area contributed by atoms with Crippen molar-refractivity contribution < 1.29 is 4.74 Å². The van der Waals surface area contributed by atoms with Crippen molar-refractivity contribution in [2.45, 2.75) is 13.8 Å². The number of hydrogen-bond acceptors (Lipinski definition) is 5. The Morgan fingerprint density at radius 2 is 1.94 bits per heavy atom. The van der Waals surface area contributed by atoms with Crippen LogP contribution in [-0.4, -0.2) is 49.2 Å². The third kappa shape index (κ3) is 2.85. The highest BCUT2D eigenvalue weighted by Gasteiger charge is 2.17. The summed E-state index contributed by atoms with van der Waals surface area (Å²) in [7, 11) is 0. The number of nitrogens with zero attached hydrogens (tertiary/aromatic N) is 3. The molecule has 1 aromatic heterocycles. The van der Waals surface area contributed by atoms with Crippen LogP contribution < -0.4 is 15.4 Å². The van der Waals surface area contributed by atoms with E-state index in [0.29, 0.717) is 18.2 Å². The molecule has 0 saturated carbocycles. The Bertz CT molecular complexity index is 389. The quantitative estimate of drug-likeness (QED) is 0.870. The van der Waals surface area contributed by atoms with E-state index in [0.717, 1.165) is 38.5 Å². The normalized spacial score (nSPS) is 16.9. The van der Waals surface area contributed by atoms with Crippen LogP contribution in [0.1, 0.15) is 13.8 Å². The zero-order valence-corrected chi connectivity index (χ0v) is 11.2. The second-order valence-corrected chi connectivity index (χ2v) is 4.42. The predicted molar refractivity (Wildman–Crippen MR) is 74.1 cm³/mol. The lowest BCUT2D eigenvalue weighted by Crippen LogP contribution is -2.46. The molecule has 1 aliphatic heterocycles. The summed E-state index contributed by atoms with van der Waals surface area (Å²) in [6.07, 6.45) is 0. The summed E-state index contributed by atoms with van der Waals surface area (Å²) in [5, 5.41) is 0. The first-order valence-electron chi connectivity index (χ1n) is 6.61. The van der Waals surface area contributed by atoms with E-state index in [9.17, 15) is 0 Å². The third-order valence-corrected chi connectivity index (χ3v) is 3.30. The molecule has 2 heterocycles. The molecular formula is C13H22N4O. The molecule has 18 heavy (non-hydrogen) atoms. The second kappa shape index (κ2) is 5.91. The zero-order valence-electron chi connectivity index (χ0n) is 11.2. The number of hydrogen-bond donors (Lipinski definition) is 1. The van der Waals surface area contributed by atoms with Gasteiger partial charge in [0.2, 0.25) is 5.88 Å². The molecule has 0 unspecified atom stereocenters. The minimum Gasteiger partial charge on any atom is -0.476 e. The maximum Gasteiger partial charge on any atom is 0.239 e. The highest BCUT2D eigenvalue weighted by molar-refractivity contribution is 5.54. The number of pyridine rings is 1. The minimum atomic E-state index is 0.549. The van der Waals surface area contributed by atoms with Crippen molar-refractivity contribution in [1.82, 2.24) is 9.88 Å². The van der Waals surface area contributed by atoms with Crippen LogP contribution in [0, 0.1) is 0 Å². The second-order valence-electron chi connectivity index (χ2n) is 4.42. The summed E-state index contributed by atoms with van der Waals surface area (Å²) in [4.78, 5) is 9.22. The molecule has 0 aliphatic carbocycles. The van der Waals surface area contributed by atoms with E-state index in [1.165, 1.54) is 0 Å². The molecule has 1 fully saturated rings. The van der Waals surface area contributed by atoms with Crippen LogP contribution in [0.5, 0.6) is 5.88 Å². The van der Waals surface area contributed by atoms with Gasteiger partial charge in [0.15, 0.2) is 0 Å². The van der Waals surface area contributed by atoms with Crippen LogP contribution in [-0.2, 0) is 0 Å². The van der Waals surface area contributed by atoms with Gasteiger partial charge in [0.1, 0.15) is 5.82 Å². The summed E-state index contributed by atoms with van der Waals surface area (Å²) in [6, 6.07) is 3.85.